The van der Waals surface area contributed by atoms with Crippen LogP contribution in [0, 0.1) is 0 Å². The molecule has 4 nitrogen and oxygen atoms in total. The number of benzene rings is 2. The number of methoxy groups -OCH3 is 1. The maximum absolute atomic E-state index is 12.3. The smallest absolute Gasteiger partial charge is 0.255 e. The molecule has 0 saturated heterocycles. The molecule has 4 heteroatoms. The number of carbonyl (C=O) groups excluding carboxylic acids is 1. The van der Waals surface area contributed by atoms with Crippen LogP contribution in [0.4, 0.5) is 5.69 Å². The van der Waals surface area contributed by atoms with Crippen molar-refractivity contribution in [3.63, 3.8) is 0 Å². The first-order valence-electron chi connectivity index (χ1n) is 6.94. The Hall–Kier alpha value is -2.49. The van der Waals surface area contributed by atoms with Crippen molar-refractivity contribution in [1.82, 2.24) is 5.32 Å². The van der Waals surface area contributed by atoms with Crippen LogP contribution in [0.15, 0.2) is 42.5 Å². The van der Waals surface area contributed by atoms with E-state index in [0.717, 1.165) is 12.0 Å². The van der Waals surface area contributed by atoms with E-state index in [0.29, 0.717) is 23.5 Å². The topological polar surface area (TPSA) is 64.4 Å². The van der Waals surface area contributed by atoms with Gasteiger partial charge in [-0.15, -0.1) is 0 Å². The number of amides is 1. The minimum absolute atomic E-state index is 0.169. The summed E-state index contributed by atoms with van der Waals surface area (Å²) in [5.74, 6) is 0.314. The third-order valence-corrected chi connectivity index (χ3v) is 3.41. The highest BCUT2D eigenvalue weighted by Gasteiger charge is 2.12. The van der Waals surface area contributed by atoms with Gasteiger partial charge in [-0.1, -0.05) is 31.2 Å². The minimum atomic E-state index is -0.169. The lowest BCUT2D eigenvalue weighted by Crippen LogP contribution is -2.24. The number of ether oxygens (including phenoxy) is 1. The molecule has 2 aromatic carbocycles. The van der Waals surface area contributed by atoms with Crippen molar-refractivity contribution >= 4 is 11.6 Å². The van der Waals surface area contributed by atoms with Crippen LogP contribution in [0.3, 0.4) is 0 Å². The molecule has 0 spiro atoms. The maximum Gasteiger partial charge on any atom is 0.255 e. The molecule has 0 atom stereocenters. The van der Waals surface area contributed by atoms with Crippen LogP contribution < -0.4 is 15.8 Å². The lowest BCUT2D eigenvalue weighted by Gasteiger charge is -2.12. The third kappa shape index (κ3) is 3.54. The molecule has 110 valence electrons. The van der Waals surface area contributed by atoms with Gasteiger partial charge in [0, 0.05) is 18.3 Å². The van der Waals surface area contributed by atoms with Gasteiger partial charge in [0.25, 0.3) is 5.91 Å². The fourth-order valence-electron chi connectivity index (χ4n) is 2.24. The molecule has 0 heterocycles. The first-order valence-corrected chi connectivity index (χ1v) is 6.94. The SMILES string of the molecule is CCc1ccccc1CNC(=O)c1ccc(N)cc1OC. The molecule has 0 unspecified atom stereocenters. The highest BCUT2D eigenvalue weighted by Crippen LogP contribution is 2.21. The zero-order chi connectivity index (χ0) is 15.2. The summed E-state index contributed by atoms with van der Waals surface area (Å²) in [6.45, 7) is 2.60. The fraction of sp³-hybridized carbons (Fsp3) is 0.235. The van der Waals surface area contributed by atoms with Gasteiger partial charge >= 0.3 is 0 Å². The van der Waals surface area contributed by atoms with Gasteiger partial charge in [0.2, 0.25) is 0 Å². The molecule has 2 aromatic rings. The van der Waals surface area contributed by atoms with E-state index in [1.54, 1.807) is 18.2 Å². The van der Waals surface area contributed by atoms with Crippen molar-refractivity contribution in [2.75, 3.05) is 12.8 Å². The predicted molar refractivity (Wildman–Crippen MR) is 84.4 cm³/mol. The number of nitrogens with one attached hydrogen (secondary N) is 1. The summed E-state index contributed by atoms with van der Waals surface area (Å²) in [6, 6.07) is 13.1. The average Bonchev–Trinajstić information content (AvgIpc) is 2.52. The zero-order valence-electron chi connectivity index (χ0n) is 12.3. The average molecular weight is 284 g/mol. The van der Waals surface area contributed by atoms with Crippen molar-refractivity contribution in [3.05, 3.63) is 59.2 Å². The van der Waals surface area contributed by atoms with Crippen LogP contribution in [0.2, 0.25) is 0 Å². The number of hydrogen-bond donors (Lipinski definition) is 2. The Morgan fingerprint density at radius 1 is 1.19 bits per heavy atom. The molecule has 0 bridgehead atoms. The number of rotatable bonds is 5. The molecule has 0 aliphatic heterocycles. The molecule has 2 rings (SSSR count). The lowest BCUT2D eigenvalue weighted by atomic mass is 10.1. The number of aryl methyl sites for hydroxylation is 1. The standard InChI is InChI=1S/C17H20N2O2/c1-3-12-6-4-5-7-13(12)11-19-17(20)15-9-8-14(18)10-16(15)21-2/h4-10H,3,11,18H2,1-2H3,(H,19,20). The number of anilines is 1. The van der Waals surface area contributed by atoms with Crippen LogP contribution in [-0.4, -0.2) is 13.0 Å². The largest absolute Gasteiger partial charge is 0.496 e. The van der Waals surface area contributed by atoms with Gasteiger partial charge in [-0.2, -0.15) is 0 Å². The monoisotopic (exact) mass is 284 g/mol. The Kier molecular flexibility index (Phi) is 4.82. The summed E-state index contributed by atoms with van der Waals surface area (Å²) in [4.78, 5) is 12.3. The van der Waals surface area contributed by atoms with E-state index in [4.69, 9.17) is 10.5 Å². The Bertz CT molecular complexity index is 638. The molecule has 1 amide bonds. The van der Waals surface area contributed by atoms with Gasteiger partial charge in [-0.05, 0) is 29.7 Å². The van der Waals surface area contributed by atoms with Crippen molar-refractivity contribution in [1.29, 1.82) is 0 Å². The van der Waals surface area contributed by atoms with E-state index >= 15 is 0 Å². The fourth-order valence-corrected chi connectivity index (χ4v) is 2.24. The highest BCUT2D eigenvalue weighted by atomic mass is 16.5. The zero-order valence-corrected chi connectivity index (χ0v) is 12.3. The van der Waals surface area contributed by atoms with Gasteiger partial charge in [0.1, 0.15) is 5.75 Å². The van der Waals surface area contributed by atoms with Crippen molar-refractivity contribution in [2.45, 2.75) is 19.9 Å². The minimum Gasteiger partial charge on any atom is -0.496 e. The number of hydrogen-bond acceptors (Lipinski definition) is 3. The highest BCUT2D eigenvalue weighted by molar-refractivity contribution is 5.97. The molecule has 21 heavy (non-hydrogen) atoms. The maximum atomic E-state index is 12.3. The molecule has 0 radical (unpaired) electrons. The third-order valence-electron chi connectivity index (χ3n) is 3.41. The molecule has 0 fully saturated rings. The van der Waals surface area contributed by atoms with Crippen LogP contribution in [0.25, 0.3) is 0 Å². The summed E-state index contributed by atoms with van der Waals surface area (Å²) < 4.78 is 5.20. The summed E-state index contributed by atoms with van der Waals surface area (Å²) in [5.41, 5.74) is 9.12. The van der Waals surface area contributed by atoms with Gasteiger partial charge in [-0.3, -0.25) is 4.79 Å². The lowest BCUT2D eigenvalue weighted by molar-refractivity contribution is 0.0948. The van der Waals surface area contributed by atoms with Gasteiger partial charge in [-0.25, -0.2) is 0 Å². The second kappa shape index (κ2) is 6.79. The summed E-state index contributed by atoms with van der Waals surface area (Å²) in [5, 5.41) is 2.92. The summed E-state index contributed by atoms with van der Waals surface area (Å²) >= 11 is 0. The first kappa shape index (κ1) is 14.9. The number of nitrogen functional groups attached to an aromatic ring is 1. The van der Waals surface area contributed by atoms with E-state index in [2.05, 4.69) is 18.3 Å². The molecule has 0 aliphatic rings. The predicted octanol–water partition coefficient (Wildman–Crippen LogP) is 2.77. The van der Waals surface area contributed by atoms with Gasteiger partial charge in [0.05, 0.1) is 12.7 Å². The second-order valence-electron chi connectivity index (χ2n) is 4.76. The van der Waals surface area contributed by atoms with Crippen LogP contribution in [0.1, 0.15) is 28.4 Å². The molecule has 0 aliphatic carbocycles. The van der Waals surface area contributed by atoms with E-state index < -0.39 is 0 Å². The number of nitrogens with two attached hydrogens (primary N) is 1. The first-order chi connectivity index (χ1) is 10.2. The van der Waals surface area contributed by atoms with E-state index in [1.807, 2.05) is 18.2 Å². The summed E-state index contributed by atoms with van der Waals surface area (Å²) in [6.07, 6.45) is 0.942. The summed E-state index contributed by atoms with van der Waals surface area (Å²) in [7, 11) is 1.53. The molecular weight excluding hydrogens is 264 g/mol. The quantitative estimate of drug-likeness (QED) is 0.830. The normalized spacial score (nSPS) is 10.2. The Labute approximate surface area is 124 Å². The molecular formula is C17H20N2O2. The van der Waals surface area contributed by atoms with E-state index in [-0.39, 0.29) is 5.91 Å². The van der Waals surface area contributed by atoms with Gasteiger partial charge < -0.3 is 15.8 Å². The van der Waals surface area contributed by atoms with Crippen LogP contribution in [-0.2, 0) is 13.0 Å². The Balaban J connectivity index is 2.12. The van der Waals surface area contributed by atoms with Gasteiger partial charge in [0.15, 0.2) is 0 Å². The second-order valence-corrected chi connectivity index (χ2v) is 4.76. The number of carbonyl (C=O) groups is 1. The van der Waals surface area contributed by atoms with Crippen molar-refractivity contribution in [2.24, 2.45) is 0 Å². The van der Waals surface area contributed by atoms with Crippen molar-refractivity contribution < 1.29 is 9.53 Å². The van der Waals surface area contributed by atoms with Crippen LogP contribution >= 0.6 is 0 Å². The Morgan fingerprint density at radius 2 is 1.90 bits per heavy atom. The molecule has 0 saturated carbocycles. The Morgan fingerprint density at radius 3 is 2.57 bits per heavy atom. The van der Waals surface area contributed by atoms with E-state index in [1.165, 1.54) is 12.7 Å². The van der Waals surface area contributed by atoms with Crippen molar-refractivity contribution in [3.8, 4) is 5.75 Å². The molecule has 0 aromatic heterocycles. The van der Waals surface area contributed by atoms with Crippen LogP contribution in [0.5, 0.6) is 5.75 Å². The van der Waals surface area contributed by atoms with E-state index in [9.17, 15) is 4.79 Å². The molecule has 3 N–H and O–H groups in total.